The zero-order valence-electron chi connectivity index (χ0n) is 12.9. The van der Waals surface area contributed by atoms with Crippen LogP contribution in [0.15, 0.2) is 48.5 Å². The Hall–Kier alpha value is -2.81. The van der Waals surface area contributed by atoms with E-state index in [9.17, 15) is 5.26 Å². The van der Waals surface area contributed by atoms with Crippen LogP contribution in [0.3, 0.4) is 0 Å². The first-order valence-corrected chi connectivity index (χ1v) is 8.26. The van der Waals surface area contributed by atoms with Gasteiger partial charge in [-0.15, -0.1) is 5.10 Å². The van der Waals surface area contributed by atoms with Crippen molar-refractivity contribution in [2.45, 2.75) is 6.54 Å². The van der Waals surface area contributed by atoms with Gasteiger partial charge in [-0.2, -0.15) is 15.6 Å². The summed E-state index contributed by atoms with van der Waals surface area (Å²) >= 11 is 12.2. The molecule has 1 N–H and O–H groups in total. The average molecular weight is 368 g/mol. The first-order chi connectivity index (χ1) is 12.2. The van der Waals surface area contributed by atoms with Gasteiger partial charge in [-0.3, -0.25) is 0 Å². The zero-order valence-corrected chi connectivity index (χ0v) is 14.4. The number of fused-ring (bicyclic) bond motifs is 1. The lowest BCUT2D eigenvalue weighted by atomic mass is 10.2. The Morgan fingerprint density at radius 1 is 1.04 bits per heavy atom. The fraction of sp³-hybridized carbons (Fsp3) is 0.0556. The quantitative estimate of drug-likeness (QED) is 0.572. The maximum atomic E-state index is 9.28. The molecule has 0 spiro atoms. The third-order valence-electron chi connectivity index (χ3n) is 4.03. The van der Waals surface area contributed by atoms with Crippen LogP contribution in [0, 0.1) is 11.3 Å². The lowest BCUT2D eigenvalue weighted by Gasteiger charge is -2.10. The van der Waals surface area contributed by atoms with E-state index in [0.717, 1.165) is 22.2 Å². The van der Waals surface area contributed by atoms with Gasteiger partial charge in [0, 0.05) is 17.4 Å². The van der Waals surface area contributed by atoms with Crippen LogP contribution in [0.1, 0.15) is 11.3 Å². The van der Waals surface area contributed by atoms with Gasteiger partial charge >= 0.3 is 0 Å². The minimum absolute atomic E-state index is 0.262. The molecule has 4 rings (SSSR count). The highest BCUT2D eigenvalue weighted by molar-refractivity contribution is 6.42. The number of hydrogen-bond acceptors (Lipinski definition) is 3. The second-order valence-corrected chi connectivity index (χ2v) is 6.37. The first kappa shape index (κ1) is 15.7. The lowest BCUT2D eigenvalue weighted by molar-refractivity contribution is 0.839. The van der Waals surface area contributed by atoms with Gasteiger partial charge in [0.1, 0.15) is 11.8 Å². The van der Waals surface area contributed by atoms with Crippen LogP contribution in [0.25, 0.3) is 22.3 Å². The monoisotopic (exact) mass is 367 g/mol. The molecule has 2 aromatic heterocycles. The number of nitrogens with one attached hydrogen (secondary N) is 1. The van der Waals surface area contributed by atoms with Crippen molar-refractivity contribution in [2.24, 2.45) is 0 Å². The molecule has 7 heteroatoms. The van der Waals surface area contributed by atoms with E-state index in [0.29, 0.717) is 22.3 Å². The molecule has 5 nitrogen and oxygen atoms in total. The molecule has 2 heterocycles. The predicted molar refractivity (Wildman–Crippen MR) is 97.6 cm³/mol. The van der Waals surface area contributed by atoms with Gasteiger partial charge in [-0.05, 0) is 29.8 Å². The minimum Gasteiger partial charge on any atom is -0.335 e. The number of aromatic nitrogens is 4. The molecule has 0 fully saturated rings. The number of nitriles is 1. The van der Waals surface area contributed by atoms with Gasteiger partial charge in [0.05, 0.1) is 15.7 Å². The summed E-state index contributed by atoms with van der Waals surface area (Å²) in [6.07, 6.45) is 0. The molecule has 0 radical (unpaired) electrons. The van der Waals surface area contributed by atoms with Gasteiger partial charge < -0.3 is 4.57 Å². The minimum atomic E-state index is 0.262. The summed E-state index contributed by atoms with van der Waals surface area (Å²) in [4.78, 5) is 0. The number of para-hydroxylation sites is 1. The molecule has 0 atom stereocenters. The van der Waals surface area contributed by atoms with Crippen molar-refractivity contribution in [3.63, 3.8) is 0 Å². The number of hydrogen-bond donors (Lipinski definition) is 1. The average Bonchev–Trinajstić information content (AvgIpc) is 3.22. The first-order valence-electron chi connectivity index (χ1n) is 7.51. The van der Waals surface area contributed by atoms with E-state index in [1.165, 1.54) is 0 Å². The van der Waals surface area contributed by atoms with E-state index in [4.69, 9.17) is 23.2 Å². The van der Waals surface area contributed by atoms with Crippen molar-refractivity contribution in [1.29, 1.82) is 5.26 Å². The second-order valence-electron chi connectivity index (χ2n) is 5.56. The molecule has 0 aliphatic heterocycles. The summed E-state index contributed by atoms with van der Waals surface area (Å²) in [5.41, 5.74) is 3.64. The van der Waals surface area contributed by atoms with Gasteiger partial charge in [0.2, 0.25) is 0 Å². The van der Waals surface area contributed by atoms with Crippen LogP contribution in [0.5, 0.6) is 0 Å². The number of aromatic amines is 1. The van der Waals surface area contributed by atoms with Crippen molar-refractivity contribution >= 4 is 34.1 Å². The standard InChI is InChI=1S/C18H11Cl2N5/c19-13-6-5-11(7-14(13)20)10-25-16-4-2-1-3-12(16)8-17(25)18-15(9-21)22-24-23-18/h1-8H,10H2,(H,22,23,24). The molecule has 122 valence electrons. The molecule has 0 saturated heterocycles. The number of benzene rings is 2. The van der Waals surface area contributed by atoms with E-state index in [1.54, 1.807) is 6.07 Å². The van der Waals surface area contributed by atoms with E-state index in [2.05, 4.69) is 26.0 Å². The van der Waals surface area contributed by atoms with Crippen LogP contribution in [0.4, 0.5) is 0 Å². The fourth-order valence-electron chi connectivity index (χ4n) is 2.88. The van der Waals surface area contributed by atoms with Crippen LogP contribution >= 0.6 is 23.2 Å². The molecule has 4 aromatic rings. The summed E-state index contributed by atoms with van der Waals surface area (Å²) in [5.74, 6) is 0. The predicted octanol–water partition coefficient (Wildman–Crippen LogP) is 4.65. The molecule has 0 amide bonds. The van der Waals surface area contributed by atoms with Gasteiger partial charge in [-0.1, -0.05) is 47.5 Å². The molecular weight excluding hydrogens is 357 g/mol. The van der Waals surface area contributed by atoms with Crippen LogP contribution < -0.4 is 0 Å². The molecule has 0 aliphatic rings. The maximum absolute atomic E-state index is 9.28. The number of halogens is 2. The van der Waals surface area contributed by atoms with Crippen LogP contribution in [0.2, 0.25) is 10.0 Å². The number of H-pyrrole nitrogens is 1. The Morgan fingerprint density at radius 2 is 1.88 bits per heavy atom. The second kappa shape index (κ2) is 6.25. The zero-order chi connectivity index (χ0) is 17.4. The largest absolute Gasteiger partial charge is 0.335 e. The van der Waals surface area contributed by atoms with Crippen molar-refractivity contribution in [3.05, 3.63) is 69.8 Å². The Balaban J connectivity index is 1.90. The van der Waals surface area contributed by atoms with E-state index in [-0.39, 0.29) is 5.69 Å². The topological polar surface area (TPSA) is 70.3 Å². The smallest absolute Gasteiger partial charge is 0.191 e. The molecule has 0 unspecified atom stereocenters. The third-order valence-corrected chi connectivity index (χ3v) is 4.77. The Kier molecular flexibility index (Phi) is 3.92. The highest BCUT2D eigenvalue weighted by atomic mass is 35.5. The molecule has 0 saturated carbocycles. The maximum Gasteiger partial charge on any atom is 0.191 e. The SMILES string of the molecule is N#Cc1n[nH]nc1-c1cc2ccccc2n1Cc1ccc(Cl)c(Cl)c1. The molecule has 0 bridgehead atoms. The Labute approximate surface area is 153 Å². The van der Waals surface area contributed by atoms with Gasteiger partial charge in [0.15, 0.2) is 5.69 Å². The summed E-state index contributed by atoms with van der Waals surface area (Å²) < 4.78 is 2.09. The normalized spacial score (nSPS) is 10.9. The summed E-state index contributed by atoms with van der Waals surface area (Å²) in [6.45, 7) is 0.567. The number of nitrogens with zero attached hydrogens (tertiary/aromatic N) is 4. The van der Waals surface area contributed by atoms with Crippen molar-refractivity contribution in [1.82, 2.24) is 20.0 Å². The van der Waals surface area contributed by atoms with Crippen molar-refractivity contribution in [2.75, 3.05) is 0 Å². The van der Waals surface area contributed by atoms with E-state index >= 15 is 0 Å². The highest BCUT2D eigenvalue weighted by Gasteiger charge is 2.17. The van der Waals surface area contributed by atoms with Crippen molar-refractivity contribution < 1.29 is 0 Å². The van der Waals surface area contributed by atoms with E-state index < -0.39 is 0 Å². The highest BCUT2D eigenvalue weighted by Crippen LogP contribution is 2.30. The number of rotatable bonds is 3. The summed E-state index contributed by atoms with van der Waals surface area (Å²) in [5, 5.41) is 22.0. The summed E-state index contributed by atoms with van der Waals surface area (Å²) in [7, 11) is 0. The molecule has 2 aromatic carbocycles. The Bertz CT molecular complexity index is 1120. The fourth-order valence-corrected chi connectivity index (χ4v) is 3.21. The van der Waals surface area contributed by atoms with Gasteiger partial charge in [-0.25, -0.2) is 0 Å². The molecule has 25 heavy (non-hydrogen) atoms. The van der Waals surface area contributed by atoms with Crippen LogP contribution in [-0.2, 0) is 6.54 Å². The third kappa shape index (κ3) is 2.76. The lowest BCUT2D eigenvalue weighted by Crippen LogP contribution is -2.02. The Morgan fingerprint density at radius 3 is 2.68 bits per heavy atom. The summed E-state index contributed by atoms with van der Waals surface area (Å²) in [6, 6.07) is 17.6. The van der Waals surface area contributed by atoms with Crippen LogP contribution in [-0.4, -0.2) is 20.0 Å². The van der Waals surface area contributed by atoms with E-state index in [1.807, 2.05) is 42.5 Å². The van der Waals surface area contributed by atoms with Crippen molar-refractivity contribution in [3.8, 4) is 17.5 Å². The molecular formula is C18H11Cl2N5. The molecule has 0 aliphatic carbocycles. The van der Waals surface area contributed by atoms with Gasteiger partial charge in [0.25, 0.3) is 0 Å².